The number of nitrogens with one attached hydrogen (secondary N) is 1. The van der Waals surface area contributed by atoms with E-state index >= 15 is 0 Å². The van der Waals surface area contributed by atoms with Gasteiger partial charge in [0.1, 0.15) is 11.7 Å². The van der Waals surface area contributed by atoms with Crippen molar-refractivity contribution in [1.82, 2.24) is 24.5 Å². The number of nitrogens with zero attached hydrogens (tertiary/aromatic N) is 4. The lowest BCUT2D eigenvalue weighted by molar-refractivity contribution is -0.137. The van der Waals surface area contributed by atoms with Gasteiger partial charge in [-0.25, -0.2) is 4.98 Å². The van der Waals surface area contributed by atoms with Crippen LogP contribution in [0.5, 0.6) is 0 Å². The van der Waals surface area contributed by atoms with E-state index in [0.717, 1.165) is 23.3 Å². The molecule has 1 N–H and O–H groups in total. The van der Waals surface area contributed by atoms with E-state index in [-0.39, 0.29) is 60.7 Å². The Bertz CT molecular complexity index is 1140. The van der Waals surface area contributed by atoms with Gasteiger partial charge in [-0.15, -0.1) is 0 Å². The van der Waals surface area contributed by atoms with E-state index < -0.39 is 23.3 Å². The van der Waals surface area contributed by atoms with E-state index in [4.69, 9.17) is 11.6 Å². The van der Waals surface area contributed by atoms with Crippen molar-refractivity contribution in [2.24, 2.45) is 0 Å². The number of aromatic nitrogens is 2. The fourth-order valence-corrected chi connectivity index (χ4v) is 4.58. The Morgan fingerprint density at radius 2 is 1.97 bits per heavy atom. The molecule has 2 aromatic heterocycles. The number of carbonyl (C=O) groups excluding carboxylic acids is 3. The lowest BCUT2D eigenvalue weighted by Gasteiger charge is -2.36. The molecule has 1 aliphatic carbocycles. The predicted octanol–water partition coefficient (Wildman–Crippen LogP) is 2.06. The number of alkyl halides is 3. The number of hydrogen-bond acceptors (Lipinski definition) is 4. The first-order valence-electron chi connectivity index (χ1n) is 10.3. The Labute approximate surface area is 185 Å². The molecule has 5 rings (SSSR count). The molecular formula is C20H19ClF3N5O3. The normalized spacial score (nSPS) is 22.1. The van der Waals surface area contributed by atoms with Crippen LogP contribution in [0.15, 0.2) is 12.3 Å². The zero-order chi connectivity index (χ0) is 22.8. The van der Waals surface area contributed by atoms with Crippen molar-refractivity contribution in [1.29, 1.82) is 0 Å². The number of hydrogen-bond donors (Lipinski definition) is 1. The number of fused-ring (bicyclic) bond motifs is 1. The highest BCUT2D eigenvalue weighted by Crippen LogP contribution is 2.43. The summed E-state index contributed by atoms with van der Waals surface area (Å²) in [5.41, 5.74) is -1.19. The molecule has 3 aliphatic rings. The number of imidazole rings is 1. The lowest BCUT2D eigenvalue weighted by Crippen LogP contribution is -2.55. The van der Waals surface area contributed by atoms with Gasteiger partial charge in [0.2, 0.25) is 11.8 Å². The van der Waals surface area contributed by atoms with Crippen LogP contribution in [0.25, 0.3) is 5.65 Å². The first-order chi connectivity index (χ1) is 15.1. The third-order valence-electron chi connectivity index (χ3n) is 6.18. The molecule has 4 heterocycles. The Morgan fingerprint density at radius 1 is 1.22 bits per heavy atom. The van der Waals surface area contributed by atoms with Crippen LogP contribution in [0.2, 0.25) is 5.15 Å². The second-order valence-electron chi connectivity index (χ2n) is 8.38. The average molecular weight is 470 g/mol. The van der Waals surface area contributed by atoms with Gasteiger partial charge in [-0.2, -0.15) is 13.2 Å². The van der Waals surface area contributed by atoms with Crippen molar-refractivity contribution < 1.29 is 27.6 Å². The summed E-state index contributed by atoms with van der Waals surface area (Å²) in [6.07, 6.45) is -1.34. The van der Waals surface area contributed by atoms with Gasteiger partial charge in [-0.3, -0.25) is 18.8 Å². The Morgan fingerprint density at radius 3 is 2.56 bits per heavy atom. The van der Waals surface area contributed by atoms with Crippen molar-refractivity contribution in [2.45, 2.75) is 37.4 Å². The van der Waals surface area contributed by atoms with Crippen molar-refractivity contribution in [2.75, 3.05) is 26.2 Å². The molecule has 1 atom stereocenters. The maximum Gasteiger partial charge on any atom is 0.419 e. The highest BCUT2D eigenvalue weighted by Gasteiger charge is 2.39. The minimum Gasteiger partial charge on any atom is -0.354 e. The molecular weight excluding hydrogens is 451 g/mol. The van der Waals surface area contributed by atoms with Crippen LogP contribution in [0.4, 0.5) is 13.2 Å². The minimum absolute atomic E-state index is 0.0424. The number of amides is 3. The first-order valence-corrected chi connectivity index (χ1v) is 10.7. The number of rotatable bonds is 3. The van der Waals surface area contributed by atoms with Gasteiger partial charge in [-0.05, 0) is 30.4 Å². The van der Waals surface area contributed by atoms with Gasteiger partial charge >= 0.3 is 6.18 Å². The third-order valence-corrected chi connectivity index (χ3v) is 6.54. The summed E-state index contributed by atoms with van der Waals surface area (Å²) in [6, 6.07) is 0.810. The number of pyridine rings is 1. The zero-order valence-electron chi connectivity index (χ0n) is 16.8. The van der Waals surface area contributed by atoms with Gasteiger partial charge in [0.05, 0.1) is 11.6 Å². The highest BCUT2D eigenvalue weighted by molar-refractivity contribution is 6.33. The Hall–Kier alpha value is -2.82. The van der Waals surface area contributed by atoms with E-state index in [1.807, 2.05) is 0 Å². The Kier molecular flexibility index (Phi) is 4.84. The molecule has 12 heteroatoms. The minimum atomic E-state index is -4.66. The molecule has 170 valence electrons. The average Bonchev–Trinajstić information content (AvgIpc) is 3.42. The van der Waals surface area contributed by atoms with Crippen molar-refractivity contribution in [3.8, 4) is 0 Å². The number of piperazine rings is 1. The van der Waals surface area contributed by atoms with E-state index in [2.05, 4.69) is 10.3 Å². The fourth-order valence-electron chi connectivity index (χ4n) is 4.33. The molecule has 2 saturated heterocycles. The van der Waals surface area contributed by atoms with Gasteiger partial charge < -0.3 is 15.1 Å². The molecule has 1 saturated carbocycles. The molecule has 8 nitrogen and oxygen atoms in total. The second-order valence-corrected chi connectivity index (χ2v) is 8.74. The Balaban J connectivity index is 1.43. The highest BCUT2D eigenvalue weighted by atomic mass is 35.5. The fraction of sp³-hybridized carbons (Fsp3) is 0.500. The first kappa shape index (κ1) is 21.0. The molecule has 32 heavy (non-hydrogen) atoms. The predicted molar refractivity (Wildman–Crippen MR) is 106 cm³/mol. The molecule has 0 radical (unpaired) electrons. The van der Waals surface area contributed by atoms with Gasteiger partial charge in [0.25, 0.3) is 5.91 Å². The summed E-state index contributed by atoms with van der Waals surface area (Å²) in [7, 11) is 0. The smallest absolute Gasteiger partial charge is 0.354 e. The monoisotopic (exact) mass is 469 g/mol. The van der Waals surface area contributed by atoms with E-state index in [1.54, 1.807) is 4.90 Å². The molecule has 2 aromatic rings. The quantitative estimate of drug-likeness (QED) is 0.745. The van der Waals surface area contributed by atoms with Crippen molar-refractivity contribution in [3.63, 3.8) is 0 Å². The van der Waals surface area contributed by atoms with Crippen LogP contribution in [0.1, 0.15) is 46.8 Å². The summed E-state index contributed by atoms with van der Waals surface area (Å²) in [5.74, 6) is -1.13. The van der Waals surface area contributed by atoms with Crippen LogP contribution in [0, 0.1) is 0 Å². The standard InChI is InChI=1S/C20H19ClF3N5O3/c21-17-16(19(32)27-3-4-28(15(31)9-27)12-6-14(30)25-7-12)26-18-13(20(22,23)24)5-11(8-29(17)18)10-1-2-10/h5,8,10,12H,1-4,6-7,9H2,(H,25,30). The molecule has 3 amide bonds. The molecule has 1 unspecified atom stereocenters. The van der Waals surface area contributed by atoms with E-state index in [1.165, 1.54) is 11.1 Å². The third kappa shape index (κ3) is 3.58. The largest absolute Gasteiger partial charge is 0.419 e. The number of carbonyl (C=O) groups is 3. The SMILES string of the molecule is O=C1CC(N2CCN(C(=O)c3nc4c(C(F)(F)F)cc(C5CC5)cn4c3Cl)CC2=O)CN1. The summed E-state index contributed by atoms with van der Waals surface area (Å²) < 4.78 is 42.1. The van der Waals surface area contributed by atoms with Crippen molar-refractivity contribution >= 4 is 35.0 Å². The lowest BCUT2D eigenvalue weighted by atomic mass is 10.1. The van der Waals surface area contributed by atoms with Gasteiger partial charge in [-0.1, -0.05) is 11.6 Å². The van der Waals surface area contributed by atoms with E-state index in [9.17, 15) is 27.6 Å². The van der Waals surface area contributed by atoms with Crippen LogP contribution in [-0.4, -0.2) is 69.1 Å². The molecule has 0 spiro atoms. The molecule has 3 fully saturated rings. The number of halogens is 4. The van der Waals surface area contributed by atoms with E-state index in [0.29, 0.717) is 12.1 Å². The van der Waals surface area contributed by atoms with Crippen LogP contribution < -0.4 is 5.32 Å². The summed E-state index contributed by atoms with van der Waals surface area (Å²) >= 11 is 6.32. The second kappa shape index (κ2) is 7.36. The van der Waals surface area contributed by atoms with Crippen molar-refractivity contribution in [3.05, 3.63) is 34.2 Å². The van der Waals surface area contributed by atoms with Gasteiger partial charge in [0, 0.05) is 32.3 Å². The molecule has 0 aromatic carbocycles. The maximum atomic E-state index is 13.7. The summed E-state index contributed by atoms with van der Waals surface area (Å²) in [6.45, 7) is 0.487. The van der Waals surface area contributed by atoms with Gasteiger partial charge in [0.15, 0.2) is 11.3 Å². The summed E-state index contributed by atoms with van der Waals surface area (Å²) in [4.78, 5) is 43.8. The summed E-state index contributed by atoms with van der Waals surface area (Å²) in [5, 5.41) is 2.46. The van der Waals surface area contributed by atoms with Crippen LogP contribution >= 0.6 is 11.6 Å². The molecule has 0 bridgehead atoms. The van der Waals surface area contributed by atoms with Crippen LogP contribution in [0.3, 0.4) is 0 Å². The van der Waals surface area contributed by atoms with Crippen LogP contribution in [-0.2, 0) is 15.8 Å². The zero-order valence-corrected chi connectivity index (χ0v) is 17.5. The molecule has 2 aliphatic heterocycles. The maximum absolute atomic E-state index is 13.7. The topological polar surface area (TPSA) is 87.0 Å².